The number of carbonyl (C=O) groups excluding carboxylic acids is 2. The summed E-state index contributed by atoms with van der Waals surface area (Å²) in [7, 11) is 0. The molecule has 0 aromatic heterocycles. The molecule has 1 aliphatic carbocycles. The number of allylic oxidation sites excluding steroid dienone is 2. The van der Waals surface area contributed by atoms with Crippen LogP contribution in [-0.4, -0.2) is 17.2 Å². The molecule has 0 atom stereocenters. The molecule has 2 aromatic carbocycles. The van der Waals surface area contributed by atoms with Crippen LogP contribution in [0, 0.1) is 0 Å². The van der Waals surface area contributed by atoms with E-state index in [4.69, 9.17) is 0 Å². The predicted molar refractivity (Wildman–Crippen MR) is 93.9 cm³/mol. The smallest absolute Gasteiger partial charge is 0.253 e. The van der Waals surface area contributed by atoms with Crippen molar-refractivity contribution in [3.8, 4) is 0 Å². The van der Waals surface area contributed by atoms with Crippen molar-refractivity contribution in [2.24, 2.45) is 0 Å². The van der Waals surface area contributed by atoms with Gasteiger partial charge >= 0.3 is 0 Å². The third-order valence-corrected chi connectivity index (χ3v) is 4.36. The van der Waals surface area contributed by atoms with Crippen LogP contribution in [0.1, 0.15) is 11.1 Å². The molecule has 0 fully saturated rings. The first-order valence-electron chi connectivity index (χ1n) is 7.80. The van der Waals surface area contributed by atoms with Gasteiger partial charge in [0.2, 0.25) is 0 Å². The molecule has 116 valence electrons. The van der Waals surface area contributed by atoms with Crippen LogP contribution in [0.3, 0.4) is 0 Å². The zero-order valence-electron chi connectivity index (χ0n) is 12.9. The van der Waals surface area contributed by atoms with Crippen LogP contribution < -0.4 is 5.32 Å². The fourth-order valence-corrected chi connectivity index (χ4v) is 3.29. The Bertz CT molecular complexity index is 889. The average Bonchev–Trinajstić information content (AvgIpc) is 2.91. The second-order valence-corrected chi connectivity index (χ2v) is 5.87. The van der Waals surface area contributed by atoms with Gasteiger partial charge in [-0.25, -0.2) is 0 Å². The second kappa shape index (κ2) is 5.46. The summed E-state index contributed by atoms with van der Waals surface area (Å²) in [4.78, 5) is 24.4. The summed E-state index contributed by atoms with van der Waals surface area (Å²) in [6.45, 7) is 0. The van der Waals surface area contributed by atoms with Gasteiger partial charge in [0.25, 0.3) is 5.91 Å². The van der Waals surface area contributed by atoms with Gasteiger partial charge in [0.05, 0.1) is 5.57 Å². The topological polar surface area (TPSA) is 46.2 Å². The lowest BCUT2D eigenvalue weighted by Crippen LogP contribution is -2.41. The van der Waals surface area contributed by atoms with Crippen molar-refractivity contribution in [1.29, 1.82) is 0 Å². The lowest BCUT2D eigenvalue weighted by atomic mass is 9.81. The van der Waals surface area contributed by atoms with Crippen molar-refractivity contribution in [3.05, 3.63) is 96.1 Å². The molecule has 3 nitrogen and oxygen atoms in total. The van der Waals surface area contributed by atoms with E-state index in [1.807, 2.05) is 60.7 Å². The molecule has 2 aliphatic rings. The first-order valence-corrected chi connectivity index (χ1v) is 7.80. The van der Waals surface area contributed by atoms with Gasteiger partial charge in [-0.05, 0) is 35.4 Å². The average molecular weight is 313 g/mol. The quantitative estimate of drug-likeness (QED) is 0.925. The molecule has 4 rings (SSSR count). The standard InChI is InChI=1S/C21H15NO2/c23-17-11-13-21(14-12-17)19(16-9-5-2-6-10-16)18(20(24)22-21)15-7-3-1-4-8-15/h1-14H,(H,22,24). The molecule has 1 N–H and O–H groups in total. The van der Waals surface area contributed by atoms with Gasteiger partial charge in [-0.2, -0.15) is 0 Å². The van der Waals surface area contributed by atoms with Gasteiger partial charge in [0.15, 0.2) is 5.78 Å². The van der Waals surface area contributed by atoms with Crippen molar-refractivity contribution in [3.63, 3.8) is 0 Å². The summed E-state index contributed by atoms with van der Waals surface area (Å²) in [5.41, 5.74) is 2.56. The molecular formula is C21H15NO2. The van der Waals surface area contributed by atoms with Crippen LogP contribution in [0.5, 0.6) is 0 Å². The van der Waals surface area contributed by atoms with E-state index in [1.165, 1.54) is 12.2 Å². The van der Waals surface area contributed by atoms with Crippen LogP contribution in [0.4, 0.5) is 0 Å². The van der Waals surface area contributed by atoms with E-state index >= 15 is 0 Å². The molecule has 1 spiro atoms. The highest BCUT2D eigenvalue weighted by molar-refractivity contribution is 6.33. The van der Waals surface area contributed by atoms with E-state index in [-0.39, 0.29) is 11.7 Å². The van der Waals surface area contributed by atoms with E-state index in [0.29, 0.717) is 5.57 Å². The fraction of sp³-hybridized carbons (Fsp3) is 0.0476. The second-order valence-electron chi connectivity index (χ2n) is 5.87. The maximum absolute atomic E-state index is 12.8. The van der Waals surface area contributed by atoms with E-state index in [9.17, 15) is 9.59 Å². The summed E-state index contributed by atoms with van der Waals surface area (Å²) >= 11 is 0. The van der Waals surface area contributed by atoms with E-state index in [2.05, 4.69) is 5.32 Å². The number of rotatable bonds is 2. The number of benzene rings is 2. The Labute approximate surface area is 140 Å². The molecule has 0 saturated carbocycles. The summed E-state index contributed by atoms with van der Waals surface area (Å²) in [6, 6.07) is 19.4. The summed E-state index contributed by atoms with van der Waals surface area (Å²) in [6.07, 6.45) is 6.56. The minimum absolute atomic E-state index is 0.0737. The van der Waals surface area contributed by atoms with Crippen LogP contribution in [-0.2, 0) is 9.59 Å². The molecule has 24 heavy (non-hydrogen) atoms. The Balaban J connectivity index is 2.00. The summed E-state index contributed by atoms with van der Waals surface area (Å²) < 4.78 is 0. The van der Waals surface area contributed by atoms with E-state index in [0.717, 1.165) is 16.7 Å². The summed E-state index contributed by atoms with van der Waals surface area (Å²) in [5.74, 6) is -0.209. The van der Waals surface area contributed by atoms with Gasteiger partial charge in [0.1, 0.15) is 5.54 Å². The SMILES string of the molecule is O=C1C=CC2(C=C1)NC(=O)C(c1ccccc1)=C2c1ccccc1. The molecule has 1 aliphatic heterocycles. The zero-order chi connectivity index (χ0) is 16.6. The Morgan fingerprint density at radius 2 is 1.25 bits per heavy atom. The number of nitrogens with one attached hydrogen (secondary N) is 1. The molecule has 0 unspecified atom stereocenters. The molecule has 1 amide bonds. The third-order valence-electron chi connectivity index (χ3n) is 4.36. The number of hydrogen-bond acceptors (Lipinski definition) is 2. The monoisotopic (exact) mass is 313 g/mol. The zero-order valence-corrected chi connectivity index (χ0v) is 12.9. The fourth-order valence-electron chi connectivity index (χ4n) is 3.29. The van der Waals surface area contributed by atoms with Gasteiger partial charge in [-0.3, -0.25) is 9.59 Å². The van der Waals surface area contributed by atoms with Crippen molar-refractivity contribution in [2.45, 2.75) is 5.54 Å². The Morgan fingerprint density at radius 1 is 0.708 bits per heavy atom. The van der Waals surface area contributed by atoms with Crippen LogP contribution >= 0.6 is 0 Å². The number of ketones is 1. The Hall–Kier alpha value is -3.20. The van der Waals surface area contributed by atoms with Crippen molar-refractivity contribution in [1.82, 2.24) is 5.32 Å². The van der Waals surface area contributed by atoms with Gasteiger partial charge in [0, 0.05) is 5.57 Å². The first kappa shape index (κ1) is 14.4. The number of amides is 1. The van der Waals surface area contributed by atoms with Crippen molar-refractivity contribution in [2.75, 3.05) is 0 Å². The Morgan fingerprint density at radius 3 is 1.83 bits per heavy atom. The highest BCUT2D eigenvalue weighted by Crippen LogP contribution is 2.42. The van der Waals surface area contributed by atoms with E-state index < -0.39 is 5.54 Å². The van der Waals surface area contributed by atoms with Crippen LogP contribution in [0.15, 0.2) is 85.0 Å². The van der Waals surface area contributed by atoms with E-state index in [1.54, 1.807) is 12.2 Å². The summed E-state index contributed by atoms with van der Waals surface area (Å²) in [5, 5.41) is 3.05. The van der Waals surface area contributed by atoms with Crippen LogP contribution in [0.25, 0.3) is 11.1 Å². The third kappa shape index (κ3) is 2.22. The molecule has 0 saturated heterocycles. The van der Waals surface area contributed by atoms with Crippen LogP contribution in [0.2, 0.25) is 0 Å². The first-order chi connectivity index (χ1) is 11.7. The highest BCUT2D eigenvalue weighted by Gasteiger charge is 2.43. The molecule has 1 heterocycles. The maximum Gasteiger partial charge on any atom is 0.253 e. The minimum atomic E-state index is -0.780. The van der Waals surface area contributed by atoms with Gasteiger partial charge in [-0.1, -0.05) is 60.7 Å². The largest absolute Gasteiger partial charge is 0.335 e. The molecule has 2 aromatic rings. The normalized spacial score (nSPS) is 18.3. The van der Waals surface area contributed by atoms with Crippen molar-refractivity contribution < 1.29 is 9.59 Å². The minimum Gasteiger partial charge on any atom is -0.335 e. The lowest BCUT2D eigenvalue weighted by molar-refractivity contribution is -0.116. The molecule has 0 radical (unpaired) electrons. The van der Waals surface area contributed by atoms with Crippen molar-refractivity contribution >= 4 is 22.8 Å². The Kier molecular flexibility index (Phi) is 3.28. The molecular weight excluding hydrogens is 298 g/mol. The molecule has 0 bridgehead atoms. The number of carbonyl (C=O) groups is 2. The predicted octanol–water partition coefficient (Wildman–Crippen LogP) is 3.16. The van der Waals surface area contributed by atoms with Gasteiger partial charge < -0.3 is 5.32 Å². The highest BCUT2D eigenvalue weighted by atomic mass is 16.2. The molecule has 3 heteroatoms. The van der Waals surface area contributed by atoms with Gasteiger partial charge in [-0.15, -0.1) is 0 Å². The lowest BCUT2D eigenvalue weighted by Gasteiger charge is -2.28. The maximum atomic E-state index is 12.8. The number of hydrogen-bond donors (Lipinski definition) is 1.